The minimum Gasteiger partial charge on any atom is -0.391 e. The second kappa shape index (κ2) is 12.6. The lowest BCUT2D eigenvalue weighted by Crippen LogP contribution is -2.60. The van der Waals surface area contributed by atoms with Gasteiger partial charge in [0.2, 0.25) is 11.8 Å². The molecule has 0 aliphatic rings. The third-order valence-corrected chi connectivity index (χ3v) is 4.94. The van der Waals surface area contributed by atoms with E-state index in [1.165, 1.54) is 25.1 Å². The average molecular weight is 476 g/mol. The first-order valence-electron chi connectivity index (χ1n) is 10.4. The van der Waals surface area contributed by atoms with E-state index in [9.17, 15) is 32.7 Å². The van der Waals surface area contributed by atoms with E-state index in [4.69, 9.17) is 11.5 Å². The number of aliphatic hydroxyl groups excluding tert-OH is 1. The molecule has 0 saturated heterocycles. The zero-order valence-electron chi connectivity index (χ0n) is 18.8. The quantitative estimate of drug-likeness (QED) is 0.241. The monoisotopic (exact) mass is 475 g/mol. The molecule has 0 aliphatic heterocycles. The van der Waals surface area contributed by atoms with Crippen molar-refractivity contribution in [2.45, 2.75) is 57.7 Å². The molecule has 0 aliphatic carbocycles. The van der Waals surface area contributed by atoms with Gasteiger partial charge in [-0.1, -0.05) is 32.0 Å². The van der Waals surface area contributed by atoms with Gasteiger partial charge in [-0.15, -0.1) is 0 Å². The van der Waals surface area contributed by atoms with Crippen LogP contribution >= 0.6 is 0 Å². The van der Waals surface area contributed by atoms with Crippen molar-refractivity contribution in [2.75, 3.05) is 13.1 Å². The maximum absolute atomic E-state index is 13.2. The number of hydrogen-bond acceptors (Lipinski definition) is 7. The number of aliphatic hydroxyl groups is 1. The van der Waals surface area contributed by atoms with Crippen molar-refractivity contribution < 1.29 is 32.7 Å². The Bertz CT molecular complexity index is 817. The summed E-state index contributed by atoms with van der Waals surface area (Å²) in [5.41, 5.74) is 10.2. The number of Topliss-reactive ketones (excluding diaryl/α,β-unsaturated/α-hetero) is 1. The van der Waals surface area contributed by atoms with Gasteiger partial charge >= 0.3 is 6.18 Å². The number of nitrogens with one attached hydrogen (secondary N) is 3. The minimum absolute atomic E-state index is 0.0842. The van der Waals surface area contributed by atoms with Gasteiger partial charge in [-0.25, -0.2) is 0 Å². The smallest absolute Gasteiger partial charge is 0.391 e. The molecule has 0 radical (unpaired) electrons. The van der Waals surface area contributed by atoms with Gasteiger partial charge < -0.3 is 32.5 Å². The lowest BCUT2D eigenvalue weighted by molar-refractivity contribution is -0.138. The standard InChI is InChI=1S/C21H32F3N5O4/c1-11(2)18(31)15(8-25)28-20(33)17(12(3)30)29-19(32)16(9-26)27-10-13-6-4-5-7-14(13)21(22,23)24/h4-7,11-12,15-17,27,30H,8-10,25-26H2,1-3H3,(H,28,33)(H,29,32)/t12-,15-,16-,17-/m0/s1. The van der Waals surface area contributed by atoms with Crippen LogP contribution < -0.4 is 27.4 Å². The third kappa shape index (κ3) is 8.39. The fourth-order valence-corrected chi connectivity index (χ4v) is 3.04. The molecule has 186 valence electrons. The molecule has 0 saturated carbocycles. The topological polar surface area (TPSA) is 160 Å². The van der Waals surface area contributed by atoms with E-state index in [1.807, 2.05) is 0 Å². The molecule has 33 heavy (non-hydrogen) atoms. The maximum atomic E-state index is 13.2. The van der Waals surface area contributed by atoms with Crippen molar-refractivity contribution in [1.82, 2.24) is 16.0 Å². The molecule has 9 nitrogen and oxygen atoms in total. The van der Waals surface area contributed by atoms with Gasteiger partial charge in [-0.3, -0.25) is 14.4 Å². The van der Waals surface area contributed by atoms with E-state index in [0.717, 1.165) is 6.07 Å². The van der Waals surface area contributed by atoms with Crippen LogP contribution in [0.15, 0.2) is 24.3 Å². The zero-order valence-corrected chi connectivity index (χ0v) is 18.8. The first-order chi connectivity index (χ1) is 15.3. The first-order valence-corrected chi connectivity index (χ1v) is 10.4. The average Bonchev–Trinajstić information content (AvgIpc) is 2.74. The zero-order chi connectivity index (χ0) is 25.3. The summed E-state index contributed by atoms with van der Waals surface area (Å²) in [7, 11) is 0. The number of hydrogen-bond donors (Lipinski definition) is 6. The van der Waals surface area contributed by atoms with Crippen molar-refractivity contribution in [1.29, 1.82) is 0 Å². The van der Waals surface area contributed by atoms with E-state index in [2.05, 4.69) is 16.0 Å². The third-order valence-electron chi connectivity index (χ3n) is 4.94. The van der Waals surface area contributed by atoms with Crippen LogP contribution in [0.1, 0.15) is 31.9 Å². The molecular weight excluding hydrogens is 443 g/mol. The largest absolute Gasteiger partial charge is 0.416 e. The van der Waals surface area contributed by atoms with Crippen LogP contribution in [0.2, 0.25) is 0 Å². The van der Waals surface area contributed by atoms with Crippen LogP contribution in [0, 0.1) is 5.92 Å². The summed E-state index contributed by atoms with van der Waals surface area (Å²) in [6.45, 7) is 3.77. The van der Waals surface area contributed by atoms with Crippen LogP contribution in [-0.4, -0.2) is 60.0 Å². The van der Waals surface area contributed by atoms with E-state index < -0.39 is 53.7 Å². The number of halogens is 3. The van der Waals surface area contributed by atoms with E-state index in [1.54, 1.807) is 13.8 Å². The molecule has 0 unspecified atom stereocenters. The highest BCUT2D eigenvalue weighted by atomic mass is 19.4. The van der Waals surface area contributed by atoms with Crippen molar-refractivity contribution >= 4 is 17.6 Å². The van der Waals surface area contributed by atoms with Crippen LogP contribution in [0.3, 0.4) is 0 Å². The number of ketones is 1. The molecule has 0 aromatic heterocycles. The Kier molecular flexibility index (Phi) is 10.9. The molecule has 4 atom stereocenters. The number of carbonyl (C=O) groups excluding carboxylic acids is 3. The maximum Gasteiger partial charge on any atom is 0.416 e. The molecule has 1 rings (SSSR count). The fraction of sp³-hybridized carbons (Fsp3) is 0.571. The highest BCUT2D eigenvalue weighted by molar-refractivity contribution is 5.94. The second-order valence-electron chi connectivity index (χ2n) is 7.90. The number of carbonyl (C=O) groups is 3. The van der Waals surface area contributed by atoms with Gasteiger partial charge in [0.1, 0.15) is 6.04 Å². The Morgan fingerprint density at radius 3 is 2.03 bits per heavy atom. The summed E-state index contributed by atoms with van der Waals surface area (Å²) in [5.74, 6) is -2.35. The first kappa shape index (κ1) is 28.5. The molecule has 1 aromatic rings. The summed E-state index contributed by atoms with van der Waals surface area (Å²) in [6, 6.07) is 1.29. The lowest BCUT2D eigenvalue weighted by Gasteiger charge is -2.26. The second-order valence-corrected chi connectivity index (χ2v) is 7.90. The van der Waals surface area contributed by atoms with Gasteiger partial charge in [0.15, 0.2) is 5.78 Å². The van der Waals surface area contributed by atoms with E-state index >= 15 is 0 Å². The number of nitrogens with two attached hydrogens (primary N) is 2. The molecule has 1 aromatic carbocycles. The van der Waals surface area contributed by atoms with E-state index in [0.29, 0.717) is 0 Å². The number of alkyl halides is 3. The highest BCUT2D eigenvalue weighted by Gasteiger charge is 2.34. The SMILES string of the molecule is CC(C)C(=O)[C@H](CN)NC(=O)[C@@H](NC(=O)[C@H](CN)NCc1ccccc1C(F)(F)F)[C@H](C)O. The molecule has 8 N–H and O–H groups in total. The summed E-state index contributed by atoms with van der Waals surface area (Å²) in [5, 5.41) is 17.4. The summed E-state index contributed by atoms with van der Waals surface area (Å²) >= 11 is 0. The highest BCUT2D eigenvalue weighted by Crippen LogP contribution is 2.31. The number of rotatable bonds is 12. The Labute approximate surface area is 190 Å². The van der Waals surface area contributed by atoms with Gasteiger partial charge in [0.25, 0.3) is 0 Å². The van der Waals surface area contributed by atoms with Crippen LogP contribution in [0.25, 0.3) is 0 Å². The summed E-state index contributed by atoms with van der Waals surface area (Å²) in [6.07, 6.45) is -5.91. The van der Waals surface area contributed by atoms with Crippen molar-refractivity contribution in [3.05, 3.63) is 35.4 Å². The van der Waals surface area contributed by atoms with Crippen LogP contribution in [-0.2, 0) is 27.1 Å². The molecule has 2 amide bonds. The Hall–Kier alpha value is -2.54. The number of amides is 2. The van der Waals surface area contributed by atoms with Crippen LogP contribution in [0.5, 0.6) is 0 Å². The minimum atomic E-state index is -4.57. The molecule has 0 bridgehead atoms. The lowest BCUT2D eigenvalue weighted by atomic mass is 10.0. The van der Waals surface area contributed by atoms with Gasteiger partial charge in [0.05, 0.1) is 23.8 Å². The Morgan fingerprint density at radius 1 is 0.970 bits per heavy atom. The molecule has 0 spiro atoms. The molecule has 12 heteroatoms. The molecular formula is C21H32F3N5O4. The molecule has 0 fully saturated rings. The predicted octanol–water partition coefficient (Wildman–Crippen LogP) is -0.343. The number of benzene rings is 1. The summed E-state index contributed by atoms with van der Waals surface area (Å²) in [4.78, 5) is 37.4. The van der Waals surface area contributed by atoms with Gasteiger partial charge in [0, 0.05) is 25.6 Å². The van der Waals surface area contributed by atoms with E-state index in [-0.39, 0.29) is 31.0 Å². The van der Waals surface area contributed by atoms with Crippen molar-refractivity contribution in [3.8, 4) is 0 Å². The Morgan fingerprint density at radius 2 is 1.55 bits per heavy atom. The predicted molar refractivity (Wildman–Crippen MR) is 116 cm³/mol. The van der Waals surface area contributed by atoms with Gasteiger partial charge in [-0.2, -0.15) is 13.2 Å². The fourth-order valence-electron chi connectivity index (χ4n) is 3.04. The molecule has 0 heterocycles. The van der Waals surface area contributed by atoms with Crippen molar-refractivity contribution in [2.24, 2.45) is 17.4 Å². The van der Waals surface area contributed by atoms with Crippen LogP contribution in [0.4, 0.5) is 13.2 Å². The Balaban J connectivity index is 2.89. The van der Waals surface area contributed by atoms with Crippen molar-refractivity contribution in [3.63, 3.8) is 0 Å². The summed E-state index contributed by atoms with van der Waals surface area (Å²) < 4.78 is 39.5. The van der Waals surface area contributed by atoms with Gasteiger partial charge in [-0.05, 0) is 18.6 Å². The normalized spacial score (nSPS) is 15.5.